The zero-order valence-electron chi connectivity index (χ0n) is 32.4. The first-order valence-electron chi connectivity index (χ1n) is 21.7. The molecule has 0 fully saturated rings. The third-order valence-electron chi connectivity index (χ3n) is 10.5. The van der Waals surface area contributed by atoms with Gasteiger partial charge >= 0.3 is 11.9 Å². The summed E-state index contributed by atoms with van der Waals surface area (Å²) in [5.41, 5.74) is 0. The van der Waals surface area contributed by atoms with Gasteiger partial charge in [0.15, 0.2) is 0 Å². The molecule has 2 atom stereocenters. The Labute approximate surface area is 299 Å². The first-order chi connectivity index (χ1) is 23.7. The van der Waals surface area contributed by atoms with E-state index < -0.39 is 11.8 Å². The normalized spacial score (nSPS) is 16.0. The number of hydrogen-bond donors (Lipinski definition) is 0. The number of ether oxygens (including phenoxy) is 2. The molecule has 1 aliphatic carbocycles. The van der Waals surface area contributed by atoms with Crippen molar-refractivity contribution in [3.63, 3.8) is 0 Å². The van der Waals surface area contributed by atoms with Crippen molar-refractivity contribution in [1.29, 1.82) is 0 Å². The molecule has 0 N–H and O–H groups in total. The van der Waals surface area contributed by atoms with Gasteiger partial charge in [0.2, 0.25) is 0 Å². The van der Waals surface area contributed by atoms with Crippen LogP contribution in [0.4, 0.5) is 0 Å². The molecule has 0 aromatic rings. The van der Waals surface area contributed by atoms with E-state index in [1.807, 2.05) is 12.2 Å². The maximum atomic E-state index is 12.8. The van der Waals surface area contributed by atoms with Crippen molar-refractivity contribution in [2.24, 2.45) is 11.8 Å². The third kappa shape index (κ3) is 27.5. The summed E-state index contributed by atoms with van der Waals surface area (Å²) in [7, 11) is 0. The summed E-state index contributed by atoms with van der Waals surface area (Å²) in [5.74, 6) is -1.35. The standard InChI is InChI=1S/C44H82O4/c1-3-5-7-9-11-13-15-17-19-21-23-25-27-29-31-35-39-47-43(45)41-37-33-34-38-42(41)44(46)48-40-36-32-30-28-26-24-22-20-18-16-14-12-10-8-6-4-2/h33,37,41-42H,3-32,34-36,38-40H2,1-2H3. The molecule has 0 saturated heterocycles. The summed E-state index contributed by atoms with van der Waals surface area (Å²) < 4.78 is 11.3. The molecule has 0 bridgehead atoms. The number of esters is 2. The molecule has 1 rings (SSSR count). The average Bonchev–Trinajstić information content (AvgIpc) is 3.10. The maximum Gasteiger partial charge on any atom is 0.313 e. The van der Waals surface area contributed by atoms with Crippen LogP contribution in [0.2, 0.25) is 0 Å². The molecule has 0 aromatic heterocycles. The highest BCUT2D eigenvalue weighted by Gasteiger charge is 2.35. The summed E-state index contributed by atoms with van der Waals surface area (Å²) in [6.07, 6.45) is 47.9. The van der Waals surface area contributed by atoms with Gasteiger partial charge in [-0.05, 0) is 25.7 Å². The van der Waals surface area contributed by atoms with Crippen molar-refractivity contribution in [2.45, 2.75) is 232 Å². The Hall–Kier alpha value is -1.32. The minimum atomic E-state index is -0.488. The van der Waals surface area contributed by atoms with Crippen molar-refractivity contribution in [3.8, 4) is 0 Å². The molecule has 0 saturated carbocycles. The van der Waals surface area contributed by atoms with E-state index in [1.165, 1.54) is 180 Å². The zero-order valence-corrected chi connectivity index (χ0v) is 32.4. The molecular weight excluding hydrogens is 592 g/mol. The highest BCUT2D eigenvalue weighted by atomic mass is 16.5. The summed E-state index contributed by atoms with van der Waals surface area (Å²) in [4.78, 5) is 25.7. The topological polar surface area (TPSA) is 52.6 Å². The fourth-order valence-electron chi connectivity index (χ4n) is 7.19. The Kier molecular flexibility index (Phi) is 33.1. The monoisotopic (exact) mass is 675 g/mol. The van der Waals surface area contributed by atoms with Crippen LogP contribution in [0.25, 0.3) is 0 Å². The van der Waals surface area contributed by atoms with E-state index in [-0.39, 0.29) is 11.9 Å². The number of hydrogen-bond acceptors (Lipinski definition) is 4. The molecule has 0 heterocycles. The van der Waals surface area contributed by atoms with Gasteiger partial charge in [-0.1, -0.05) is 219 Å². The van der Waals surface area contributed by atoms with Crippen LogP contribution in [0.1, 0.15) is 232 Å². The molecule has 4 nitrogen and oxygen atoms in total. The molecule has 0 aliphatic heterocycles. The van der Waals surface area contributed by atoms with Gasteiger partial charge < -0.3 is 9.47 Å². The average molecular weight is 675 g/mol. The molecule has 0 aromatic carbocycles. The lowest BCUT2D eigenvalue weighted by Crippen LogP contribution is -2.33. The second-order valence-corrected chi connectivity index (χ2v) is 15.1. The fourth-order valence-corrected chi connectivity index (χ4v) is 7.19. The Bertz CT molecular complexity index is 731. The predicted molar refractivity (Wildman–Crippen MR) is 206 cm³/mol. The Morgan fingerprint density at radius 3 is 1.06 bits per heavy atom. The lowest BCUT2D eigenvalue weighted by molar-refractivity contribution is -0.159. The van der Waals surface area contributed by atoms with Crippen LogP contribution >= 0.6 is 0 Å². The minimum Gasteiger partial charge on any atom is -0.465 e. The lowest BCUT2D eigenvalue weighted by Gasteiger charge is -2.24. The van der Waals surface area contributed by atoms with Crippen LogP contribution in [-0.2, 0) is 19.1 Å². The van der Waals surface area contributed by atoms with E-state index in [0.29, 0.717) is 19.6 Å². The van der Waals surface area contributed by atoms with E-state index in [1.54, 1.807) is 0 Å². The van der Waals surface area contributed by atoms with Crippen molar-refractivity contribution < 1.29 is 19.1 Å². The fraction of sp³-hybridized carbons (Fsp3) is 0.909. The maximum absolute atomic E-state index is 12.8. The van der Waals surface area contributed by atoms with Gasteiger partial charge in [0, 0.05) is 0 Å². The van der Waals surface area contributed by atoms with Gasteiger partial charge in [-0.25, -0.2) is 0 Å². The van der Waals surface area contributed by atoms with Crippen molar-refractivity contribution >= 4 is 11.9 Å². The number of unbranched alkanes of at least 4 members (excludes halogenated alkanes) is 30. The molecule has 2 unspecified atom stereocenters. The molecule has 0 radical (unpaired) electrons. The Morgan fingerprint density at radius 2 is 0.729 bits per heavy atom. The van der Waals surface area contributed by atoms with Crippen LogP contribution in [0.3, 0.4) is 0 Å². The van der Waals surface area contributed by atoms with Gasteiger partial charge in [0.25, 0.3) is 0 Å². The molecule has 0 spiro atoms. The quantitative estimate of drug-likeness (QED) is 0.0377. The Balaban J connectivity index is 1.95. The van der Waals surface area contributed by atoms with Crippen LogP contribution in [0.5, 0.6) is 0 Å². The number of carbonyl (C=O) groups is 2. The van der Waals surface area contributed by atoms with Gasteiger partial charge in [-0.3, -0.25) is 9.59 Å². The van der Waals surface area contributed by atoms with Crippen LogP contribution in [0.15, 0.2) is 12.2 Å². The van der Waals surface area contributed by atoms with Gasteiger partial charge in [0.05, 0.1) is 25.0 Å². The molecule has 1 aliphatic rings. The molecular formula is C44H82O4. The Morgan fingerprint density at radius 1 is 0.438 bits per heavy atom. The number of carbonyl (C=O) groups excluding carboxylic acids is 2. The van der Waals surface area contributed by atoms with Crippen LogP contribution in [-0.4, -0.2) is 25.2 Å². The van der Waals surface area contributed by atoms with Crippen molar-refractivity contribution in [2.75, 3.05) is 13.2 Å². The van der Waals surface area contributed by atoms with Gasteiger partial charge in [-0.2, -0.15) is 0 Å². The van der Waals surface area contributed by atoms with E-state index >= 15 is 0 Å². The highest BCUT2D eigenvalue weighted by molar-refractivity contribution is 5.83. The minimum absolute atomic E-state index is 0.218. The molecule has 282 valence electrons. The first kappa shape index (κ1) is 44.7. The van der Waals surface area contributed by atoms with E-state index in [0.717, 1.165) is 32.1 Å². The number of rotatable bonds is 36. The molecule has 48 heavy (non-hydrogen) atoms. The van der Waals surface area contributed by atoms with Crippen molar-refractivity contribution in [1.82, 2.24) is 0 Å². The largest absolute Gasteiger partial charge is 0.465 e. The smallest absolute Gasteiger partial charge is 0.313 e. The summed E-state index contributed by atoms with van der Waals surface area (Å²) in [6.45, 7) is 5.50. The van der Waals surface area contributed by atoms with E-state index in [4.69, 9.17) is 9.47 Å². The SMILES string of the molecule is CCCCCCCCCCCCCCCCCCOC(=O)C1C=CCCC1C(=O)OCCCCCCCCCCCCCCCCCC. The second kappa shape index (κ2) is 35.5. The second-order valence-electron chi connectivity index (χ2n) is 15.1. The third-order valence-corrected chi connectivity index (χ3v) is 10.5. The predicted octanol–water partition coefficient (Wildman–Crippen LogP) is 14.2. The van der Waals surface area contributed by atoms with Crippen LogP contribution < -0.4 is 0 Å². The number of allylic oxidation sites excluding steroid dienone is 1. The van der Waals surface area contributed by atoms with E-state index in [9.17, 15) is 9.59 Å². The van der Waals surface area contributed by atoms with E-state index in [2.05, 4.69) is 13.8 Å². The lowest BCUT2D eigenvalue weighted by atomic mass is 9.84. The molecule has 4 heteroatoms. The summed E-state index contributed by atoms with van der Waals surface area (Å²) >= 11 is 0. The zero-order chi connectivity index (χ0) is 34.6. The summed E-state index contributed by atoms with van der Waals surface area (Å²) in [6, 6.07) is 0. The summed E-state index contributed by atoms with van der Waals surface area (Å²) in [5, 5.41) is 0. The van der Waals surface area contributed by atoms with Crippen LogP contribution in [0, 0.1) is 11.8 Å². The van der Waals surface area contributed by atoms with Gasteiger partial charge in [-0.15, -0.1) is 0 Å². The van der Waals surface area contributed by atoms with Crippen molar-refractivity contribution in [3.05, 3.63) is 12.2 Å². The van der Waals surface area contributed by atoms with Gasteiger partial charge in [0.1, 0.15) is 0 Å². The highest BCUT2D eigenvalue weighted by Crippen LogP contribution is 2.28. The molecule has 0 amide bonds. The first-order valence-corrected chi connectivity index (χ1v) is 21.7.